The van der Waals surface area contributed by atoms with E-state index in [1.165, 1.54) is 0 Å². The predicted octanol–water partition coefficient (Wildman–Crippen LogP) is 1.99. The summed E-state index contributed by atoms with van der Waals surface area (Å²) in [7, 11) is 0. The lowest BCUT2D eigenvalue weighted by Gasteiger charge is -2.18. The molecule has 0 fully saturated rings. The Hall–Kier alpha value is -1.58. The molecule has 4 nitrogen and oxygen atoms in total. The first-order chi connectivity index (χ1) is 7.18. The van der Waals surface area contributed by atoms with Crippen molar-refractivity contribution in [2.24, 2.45) is 0 Å². The summed E-state index contributed by atoms with van der Waals surface area (Å²) in [6.45, 7) is 4.38. The van der Waals surface area contributed by atoms with Crippen LogP contribution in [0.4, 0.5) is 10.5 Å². The van der Waals surface area contributed by atoms with Crippen molar-refractivity contribution in [1.29, 1.82) is 0 Å². The summed E-state index contributed by atoms with van der Waals surface area (Å²) in [4.78, 5) is 17.4. The number of ether oxygens (including phenoxy) is 1. The third-order valence-electron chi connectivity index (χ3n) is 2.34. The second kappa shape index (κ2) is 3.88. The third-order valence-corrected chi connectivity index (χ3v) is 2.34. The van der Waals surface area contributed by atoms with Gasteiger partial charge in [-0.3, -0.25) is 9.88 Å². The number of hydrogen-bond donors (Lipinski definition) is 0. The highest BCUT2D eigenvalue weighted by Gasteiger charge is 2.26. The number of aromatic nitrogens is 1. The lowest BCUT2D eigenvalue weighted by atomic mass is 10.2. The Morgan fingerprint density at radius 3 is 3.13 bits per heavy atom. The quantitative estimate of drug-likeness (QED) is 0.705. The van der Waals surface area contributed by atoms with Gasteiger partial charge in [0, 0.05) is 12.7 Å². The molecule has 0 saturated carbocycles. The number of carbonyl (C=O) groups excluding carboxylic acids is 1. The maximum absolute atomic E-state index is 11.7. The fourth-order valence-electron chi connectivity index (χ4n) is 1.68. The van der Waals surface area contributed by atoms with Gasteiger partial charge in [-0.1, -0.05) is 0 Å². The molecule has 0 unspecified atom stereocenters. The first-order valence-electron chi connectivity index (χ1n) is 5.09. The van der Waals surface area contributed by atoms with E-state index in [2.05, 4.69) is 4.98 Å². The monoisotopic (exact) mass is 206 g/mol. The van der Waals surface area contributed by atoms with E-state index in [-0.39, 0.29) is 12.2 Å². The SMILES string of the molecule is CC(C)OC(=O)N1CCc2ccncc21. The van der Waals surface area contributed by atoms with Gasteiger partial charge in [0.05, 0.1) is 18.0 Å². The van der Waals surface area contributed by atoms with E-state index in [1.54, 1.807) is 17.3 Å². The van der Waals surface area contributed by atoms with Crippen LogP contribution in [0.15, 0.2) is 18.5 Å². The summed E-state index contributed by atoms with van der Waals surface area (Å²) in [6.07, 6.45) is 3.97. The zero-order chi connectivity index (χ0) is 10.8. The zero-order valence-electron chi connectivity index (χ0n) is 8.93. The van der Waals surface area contributed by atoms with Crippen molar-refractivity contribution in [2.45, 2.75) is 26.4 Å². The molecule has 0 aromatic carbocycles. The molecule has 0 N–H and O–H groups in total. The summed E-state index contributed by atoms with van der Waals surface area (Å²) >= 11 is 0. The number of rotatable bonds is 1. The van der Waals surface area contributed by atoms with Gasteiger partial charge in [0.15, 0.2) is 0 Å². The molecule has 4 heteroatoms. The van der Waals surface area contributed by atoms with Gasteiger partial charge in [-0.2, -0.15) is 0 Å². The van der Waals surface area contributed by atoms with Crippen molar-refractivity contribution in [2.75, 3.05) is 11.4 Å². The number of amides is 1. The molecular formula is C11H14N2O2. The zero-order valence-corrected chi connectivity index (χ0v) is 8.93. The standard InChI is InChI=1S/C11H14N2O2/c1-8(2)15-11(14)13-6-4-9-3-5-12-7-10(9)13/h3,5,7-8H,4,6H2,1-2H3. The number of hydrogen-bond acceptors (Lipinski definition) is 3. The molecule has 2 heterocycles. The molecule has 1 aliphatic rings. The van der Waals surface area contributed by atoms with Crippen LogP contribution in [0.25, 0.3) is 0 Å². The van der Waals surface area contributed by atoms with Gasteiger partial charge >= 0.3 is 6.09 Å². The summed E-state index contributed by atoms with van der Waals surface area (Å²) in [5.74, 6) is 0. The highest BCUT2D eigenvalue weighted by Crippen LogP contribution is 2.26. The maximum Gasteiger partial charge on any atom is 0.414 e. The van der Waals surface area contributed by atoms with Crippen molar-refractivity contribution in [3.63, 3.8) is 0 Å². The summed E-state index contributed by atoms with van der Waals surface area (Å²) in [6, 6.07) is 1.94. The Morgan fingerprint density at radius 1 is 1.60 bits per heavy atom. The number of fused-ring (bicyclic) bond motifs is 1. The second-order valence-electron chi connectivity index (χ2n) is 3.84. The van der Waals surface area contributed by atoms with Crippen LogP contribution in [0.3, 0.4) is 0 Å². The fourth-order valence-corrected chi connectivity index (χ4v) is 1.68. The van der Waals surface area contributed by atoms with E-state index in [0.29, 0.717) is 6.54 Å². The van der Waals surface area contributed by atoms with Crippen molar-refractivity contribution in [3.8, 4) is 0 Å². The van der Waals surface area contributed by atoms with Crippen molar-refractivity contribution < 1.29 is 9.53 Å². The van der Waals surface area contributed by atoms with Gasteiger partial charge in [-0.15, -0.1) is 0 Å². The Labute approximate surface area is 88.9 Å². The van der Waals surface area contributed by atoms with Crippen molar-refractivity contribution >= 4 is 11.8 Å². The first-order valence-corrected chi connectivity index (χ1v) is 5.09. The molecule has 0 saturated heterocycles. The molecule has 80 valence electrons. The molecule has 1 aromatic heterocycles. The lowest BCUT2D eigenvalue weighted by Crippen LogP contribution is -2.31. The van der Waals surface area contributed by atoms with Gasteiger partial charge in [0.25, 0.3) is 0 Å². The van der Waals surface area contributed by atoms with Crippen LogP contribution in [0.1, 0.15) is 19.4 Å². The van der Waals surface area contributed by atoms with Crippen LogP contribution in [0, 0.1) is 0 Å². The minimum Gasteiger partial charge on any atom is -0.446 e. The molecule has 0 spiro atoms. The van der Waals surface area contributed by atoms with E-state index >= 15 is 0 Å². The summed E-state index contributed by atoms with van der Waals surface area (Å²) in [5.41, 5.74) is 2.04. The van der Waals surface area contributed by atoms with Gasteiger partial charge in [0.1, 0.15) is 0 Å². The molecule has 0 atom stereocenters. The Bertz CT molecular complexity index is 377. The number of nitrogens with zero attached hydrogens (tertiary/aromatic N) is 2. The largest absolute Gasteiger partial charge is 0.446 e. The molecule has 15 heavy (non-hydrogen) atoms. The topological polar surface area (TPSA) is 42.4 Å². The molecule has 1 aliphatic heterocycles. The maximum atomic E-state index is 11.7. The number of anilines is 1. The van der Waals surface area contributed by atoms with Crippen LogP contribution in [-0.4, -0.2) is 23.7 Å². The molecule has 1 aromatic rings. The number of pyridine rings is 1. The number of carbonyl (C=O) groups is 1. The van der Waals surface area contributed by atoms with Crippen LogP contribution in [0.2, 0.25) is 0 Å². The fraction of sp³-hybridized carbons (Fsp3) is 0.455. The summed E-state index contributed by atoms with van der Waals surface area (Å²) < 4.78 is 5.15. The Kier molecular flexibility index (Phi) is 2.58. The first kappa shape index (κ1) is 9.96. The van der Waals surface area contributed by atoms with Gasteiger partial charge < -0.3 is 4.74 Å². The normalized spacial score (nSPS) is 14.2. The van der Waals surface area contributed by atoms with Gasteiger partial charge in [0.2, 0.25) is 0 Å². The molecule has 2 rings (SSSR count). The average Bonchev–Trinajstić information content (AvgIpc) is 2.59. The predicted molar refractivity (Wildman–Crippen MR) is 56.9 cm³/mol. The molecular weight excluding hydrogens is 192 g/mol. The minimum absolute atomic E-state index is 0.0850. The lowest BCUT2D eigenvalue weighted by molar-refractivity contribution is 0.123. The van der Waals surface area contributed by atoms with Crippen LogP contribution in [-0.2, 0) is 11.2 Å². The van der Waals surface area contributed by atoms with Crippen LogP contribution in [0.5, 0.6) is 0 Å². The molecule has 0 aliphatic carbocycles. The molecule has 0 radical (unpaired) electrons. The van der Waals surface area contributed by atoms with E-state index in [0.717, 1.165) is 17.7 Å². The van der Waals surface area contributed by atoms with Crippen LogP contribution >= 0.6 is 0 Å². The van der Waals surface area contributed by atoms with Gasteiger partial charge in [-0.05, 0) is 31.9 Å². The molecule has 1 amide bonds. The highest BCUT2D eigenvalue weighted by atomic mass is 16.6. The van der Waals surface area contributed by atoms with E-state index in [9.17, 15) is 4.79 Å². The third kappa shape index (κ3) is 1.93. The molecule has 0 bridgehead atoms. The minimum atomic E-state index is -0.281. The van der Waals surface area contributed by atoms with Gasteiger partial charge in [-0.25, -0.2) is 4.79 Å². The Morgan fingerprint density at radius 2 is 2.40 bits per heavy atom. The van der Waals surface area contributed by atoms with Crippen molar-refractivity contribution in [1.82, 2.24) is 4.98 Å². The second-order valence-corrected chi connectivity index (χ2v) is 3.84. The van der Waals surface area contributed by atoms with E-state index < -0.39 is 0 Å². The average molecular weight is 206 g/mol. The smallest absolute Gasteiger partial charge is 0.414 e. The Balaban J connectivity index is 2.17. The van der Waals surface area contributed by atoms with Crippen LogP contribution < -0.4 is 4.90 Å². The summed E-state index contributed by atoms with van der Waals surface area (Å²) in [5, 5.41) is 0. The highest BCUT2D eigenvalue weighted by molar-refractivity contribution is 5.90. The van der Waals surface area contributed by atoms with Crippen molar-refractivity contribution in [3.05, 3.63) is 24.0 Å². The van der Waals surface area contributed by atoms with E-state index in [4.69, 9.17) is 4.74 Å². The van der Waals surface area contributed by atoms with E-state index in [1.807, 2.05) is 19.9 Å².